The number of nitrogens with two attached hydrogens (primary N) is 1. The zero-order valence-electron chi connectivity index (χ0n) is 9.05. The highest BCUT2D eigenvalue weighted by molar-refractivity contribution is 4.65. The average Bonchev–Trinajstić information content (AvgIpc) is 2.03. The molecule has 0 aromatic carbocycles. The fraction of sp³-hybridized carbons (Fsp3) is 1.00. The van der Waals surface area contributed by atoms with E-state index < -0.39 is 5.72 Å². The van der Waals surface area contributed by atoms with Crippen LogP contribution in [-0.4, -0.2) is 24.0 Å². The lowest BCUT2D eigenvalue weighted by Gasteiger charge is -2.24. The van der Waals surface area contributed by atoms with Crippen LogP contribution in [0.15, 0.2) is 0 Å². The van der Waals surface area contributed by atoms with E-state index in [9.17, 15) is 0 Å². The van der Waals surface area contributed by atoms with E-state index in [0.29, 0.717) is 18.9 Å². The van der Waals surface area contributed by atoms with Crippen molar-refractivity contribution in [2.45, 2.75) is 45.8 Å². The average molecular weight is 189 g/mol. The van der Waals surface area contributed by atoms with Crippen molar-refractivity contribution in [2.75, 3.05) is 13.2 Å². The van der Waals surface area contributed by atoms with E-state index in [4.69, 9.17) is 15.6 Å². The molecule has 13 heavy (non-hydrogen) atoms. The third-order valence-corrected chi connectivity index (χ3v) is 2.35. The molecule has 0 aliphatic carbocycles. The van der Waals surface area contributed by atoms with Crippen LogP contribution in [0.3, 0.4) is 0 Å². The maximum atomic E-state index is 8.70. The molecule has 0 aliphatic heterocycles. The van der Waals surface area contributed by atoms with Gasteiger partial charge in [0.25, 0.3) is 0 Å². The van der Waals surface area contributed by atoms with E-state index in [2.05, 4.69) is 13.8 Å². The molecule has 3 N–H and O–H groups in total. The standard InChI is InChI=1S/C10H23NO2/c1-4-9(2)5-8-13-10(3,11)6-7-12/h9,12H,4-8,11H2,1-3H3. The van der Waals surface area contributed by atoms with Crippen molar-refractivity contribution in [3.8, 4) is 0 Å². The smallest absolute Gasteiger partial charge is 0.116 e. The number of rotatable bonds is 7. The first kappa shape index (κ1) is 12.9. The molecule has 0 heterocycles. The van der Waals surface area contributed by atoms with E-state index in [1.165, 1.54) is 6.42 Å². The van der Waals surface area contributed by atoms with Crippen LogP contribution in [0.2, 0.25) is 0 Å². The van der Waals surface area contributed by atoms with E-state index in [1.807, 2.05) is 0 Å². The predicted molar refractivity (Wildman–Crippen MR) is 54.3 cm³/mol. The monoisotopic (exact) mass is 189 g/mol. The first-order valence-electron chi connectivity index (χ1n) is 5.05. The van der Waals surface area contributed by atoms with Crippen molar-refractivity contribution in [1.29, 1.82) is 0 Å². The Hall–Kier alpha value is -0.120. The van der Waals surface area contributed by atoms with Gasteiger partial charge in [-0.2, -0.15) is 0 Å². The molecule has 3 heteroatoms. The van der Waals surface area contributed by atoms with Crippen LogP contribution in [0.4, 0.5) is 0 Å². The largest absolute Gasteiger partial charge is 0.396 e. The van der Waals surface area contributed by atoms with Gasteiger partial charge >= 0.3 is 0 Å². The van der Waals surface area contributed by atoms with Crippen LogP contribution in [0.25, 0.3) is 0 Å². The predicted octanol–water partition coefficient (Wildman–Crippen LogP) is 1.50. The summed E-state index contributed by atoms with van der Waals surface area (Å²) in [6.45, 7) is 6.93. The third-order valence-electron chi connectivity index (χ3n) is 2.35. The molecule has 0 aromatic heterocycles. The minimum Gasteiger partial charge on any atom is -0.396 e. The maximum absolute atomic E-state index is 8.70. The molecule has 3 nitrogen and oxygen atoms in total. The molecule has 0 aliphatic rings. The number of hydrogen-bond donors (Lipinski definition) is 2. The fourth-order valence-electron chi connectivity index (χ4n) is 0.992. The van der Waals surface area contributed by atoms with Crippen LogP contribution < -0.4 is 5.73 Å². The molecular weight excluding hydrogens is 166 g/mol. The highest BCUT2D eigenvalue weighted by Gasteiger charge is 2.17. The highest BCUT2D eigenvalue weighted by atomic mass is 16.5. The van der Waals surface area contributed by atoms with Crippen molar-refractivity contribution in [2.24, 2.45) is 11.7 Å². The zero-order chi connectivity index (χ0) is 10.3. The zero-order valence-corrected chi connectivity index (χ0v) is 9.05. The van der Waals surface area contributed by atoms with Gasteiger partial charge in [0.1, 0.15) is 5.72 Å². The molecule has 0 spiro atoms. The van der Waals surface area contributed by atoms with Crippen molar-refractivity contribution in [3.05, 3.63) is 0 Å². The molecule has 0 fully saturated rings. The van der Waals surface area contributed by atoms with E-state index in [-0.39, 0.29) is 6.61 Å². The molecule has 2 unspecified atom stereocenters. The summed E-state index contributed by atoms with van der Waals surface area (Å²) in [7, 11) is 0. The van der Waals surface area contributed by atoms with Gasteiger partial charge in [0.15, 0.2) is 0 Å². The van der Waals surface area contributed by atoms with Crippen LogP contribution in [-0.2, 0) is 4.74 Å². The summed E-state index contributed by atoms with van der Waals surface area (Å²) >= 11 is 0. The molecule has 0 amide bonds. The molecule has 0 aromatic rings. The second-order valence-electron chi connectivity index (χ2n) is 3.94. The minimum atomic E-state index is -0.664. The third kappa shape index (κ3) is 6.99. The molecule has 2 atom stereocenters. The van der Waals surface area contributed by atoms with Crippen molar-refractivity contribution in [3.63, 3.8) is 0 Å². The Balaban J connectivity index is 3.50. The Labute approximate surface area is 81.3 Å². The lowest BCUT2D eigenvalue weighted by Crippen LogP contribution is -2.40. The second kappa shape index (κ2) is 6.35. The van der Waals surface area contributed by atoms with Crippen molar-refractivity contribution >= 4 is 0 Å². The number of aliphatic hydroxyl groups is 1. The molecule has 0 bridgehead atoms. The van der Waals surface area contributed by atoms with Gasteiger partial charge in [-0.1, -0.05) is 20.3 Å². The van der Waals surface area contributed by atoms with Gasteiger partial charge in [0.2, 0.25) is 0 Å². The highest BCUT2D eigenvalue weighted by Crippen LogP contribution is 2.11. The van der Waals surface area contributed by atoms with E-state index >= 15 is 0 Å². The Kier molecular flexibility index (Phi) is 6.29. The van der Waals surface area contributed by atoms with Gasteiger partial charge in [-0.05, 0) is 19.3 Å². The second-order valence-corrected chi connectivity index (χ2v) is 3.94. The maximum Gasteiger partial charge on any atom is 0.116 e. The molecule has 0 radical (unpaired) electrons. The quantitative estimate of drug-likeness (QED) is 0.597. The van der Waals surface area contributed by atoms with Gasteiger partial charge in [-0.25, -0.2) is 0 Å². The first-order chi connectivity index (χ1) is 6.02. The SMILES string of the molecule is CCC(C)CCOC(C)(N)CCO. The summed E-state index contributed by atoms with van der Waals surface area (Å²) in [5.41, 5.74) is 5.11. The topological polar surface area (TPSA) is 55.5 Å². The van der Waals surface area contributed by atoms with Crippen LogP contribution >= 0.6 is 0 Å². The Morgan fingerprint density at radius 2 is 2.15 bits per heavy atom. The summed E-state index contributed by atoms with van der Waals surface area (Å²) in [4.78, 5) is 0. The fourth-order valence-corrected chi connectivity index (χ4v) is 0.992. The van der Waals surface area contributed by atoms with Gasteiger partial charge in [0.05, 0.1) is 0 Å². The van der Waals surface area contributed by atoms with Crippen LogP contribution in [0, 0.1) is 5.92 Å². The van der Waals surface area contributed by atoms with Crippen LogP contribution in [0.1, 0.15) is 40.0 Å². The van der Waals surface area contributed by atoms with Gasteiger partial charge < -0.3 is 15.6 Å². The van der Waals surface area contributed by atoms with Crippen molar-refractivity contribution < 1.29 is 9.84 Å². The Morgan fingerprint density at radius 3 is 2.62 bits per heavy atom. The normalized spacial score (nSPS) is 18.2. The van der Waals surface area contributed by atoms with Gasteiger partial charge in [-0.3, -0.25) is 0 Å². The van der Waals surface area contributed by atoms with Crippen molar-refractivity contribution in [1.82, 2.24) is 0 Å². The molecule has 0 saturated carbocycles. The molecule has 80 valence electrons. The number of ether oxygens (including phenoxy) is 1. The Bertz CT molecular complexity index is 126. The number of aliphatic hydroxyl groups excluding tert-OH is 1. The lowest BCUT2D eigenvalue weighted by molar-refractivity contribution is -0.0462. The lowest BCUT2D eigenvalue weighted by atomic mass is 10.1. The molecule has 0 rings (SSSR count). The van der Waals surface area contributed by atoms with Crippen LogP contribution in [0.5, 0.6) is 0 Å². The minimum absolute atomic E-state index is 0.0797. The number of hydrogen-bond acceptors (Lipinski definition) is 3. The van der Waals surface area contributed by atoms with Gasteiger partial charge in [0, 0.05) is 19.6 Å². The summed E-state index contributed by atoms with van der Waals surface area (Å²) in [5.74, 6) is 0.685. The van der Waals surface area contributed by atoms with Gasteiger partial charge in [-0.15, -0.1) is 0 Å². The molecule has 0 saturated heterocycles. The van der Waals surface area contributed by atoms with E-state index in [1.54, 1.807) is 6.92 Å². The summed E-state index contributed by atoms with van der Waals surface area (Å²) < 4.78 is 5.46. The van der Waals surface area contributed by atoms with E-state index in [0.717, 1.165) is 6.42 Å². The summed E-state index contributed by atoms with van der Waals surface area (Å²) in [6.07, 6.45) is 2.70. The summed E-state index contributed by atoms with van der Waals surface area (Å²) in [6, 6.07) is 0. The Morgan fingerprint density at radius 1 is 1.54 bits per heavy atom. The first-order valence-corrected chi connectivity index (χ1v) is 5.05. The summed E-state index contributed by atoms with van der Waals surface area (Å²) in [5, 5.41) is 8.70. The molecular formula is C10H23NO2.